The summed E-state index contributed by atoms with van der Waals surface area (Å²) in [5.74, 6) is 0.308. The lowest BCUT2D eigenvalue weighted by atomic mass is 9.90. The summed E-state index contributed by atoms with van der Waals surface area (Å²) in [6.07, 6.45) is 4.77. The maximum absolute atomic E-state index is 10.1. The molecular weight excluding hydrogens is 236 g/mol. The fourth-order valence-corrected chi connectivity index (χ4v) is 3.30. The average Bonchev–Trinajstić information content (AvgIpc) is 2.46. The number of hydrogen-bond acceptors (Lipinski definition) is 3. The van der Waals surface area contributed by atoms with E-state index in [0.717, 1.165) is 34.3 Å². The number of fused-ring (bicyclic) bond motifs is 4. The van der Waals surface area contributed by atoms with Crippen LogP contribution in [0.15, 0.2) is 40.3 Å². The SMILES string of the molecule is Oc1cc2c(c3ccccc13)=N[C@H]1CCCC[C@@H]1N=2. The molecule has 0 saturated heterocycles. The maximum Gasteiger partial charge on any atom is 0.125 e. The van der Waals surface area contributed by atoms with E-state index in [1.165, 1.54) is 12.8 Å². The molecule has 0 aromatic heterocycles. The molecule has 1 heterocycles. The van der Waals surface area contributed by atoms with E-state index in [1.54, 1.807) is 6.07 Å². The Labute approximate surface area is 111 Å². The number of phenolic OH excluding ortho intramolecular Hbond substituents is 1. The van der Waals surface area contributed by atoms with E-state index in [1.807, 2.05) is 24.3 Å². The lowest BCUT2D eigenvalue weighted by molar-refractivity contribution is 0.369. The number of aromatic hydroxyl groups is 1. The van der Waals surface area contributed by atoms with Gasteiger partial charge in [0.15, 0.2) is 0 Å². The highest BCUT2D eigenvalue weighted by Crippen LogP contribution is 2.26. The summed E-state index contributed by atoms with van der Waals surface area (Å²) in [5, 5.41) is 13.8. The quantitative estimate of drug-likeness (QED) is 0.767. The van der Waals surface area contributed by atoms with Crippen molar-refractivity contribution in [2.45, 2.75) is 37.8 Å². The van der Waals surface area contributed by atoms with E-state index < -0.39 is 0 Å². The van der Waals surface area contributed by atoms with Crippen LogP contribution in [0, 0.1) is 0 Å². The third-order valence-electron chi connectivity index (χ3n) is 4.27. The van der Waals surface area contributed by atoms with Crippen molar-refractivity contribution in [3.05, 3.63) is 41.0 Å². The standard InChI is InChI=1S/C16H16N2O/c19-15-9-14-16(11-6-2-1-5-10(11)15)18-13-8-4-3-7-12(13)17-14/h1-2,5-6,9,12-13,19H,3-4,7-8H2/t12-,13-/m0/s1. The minimum absolute atomic E-state index is 0.308. The van der Waals surface area contributed by atoms with Crippen LogP contribution in [0.25, 0.3) is 10.8 Å². The zero-order valence-corrected chi connectivity index (χ0v) is 10.7. The van der Waals surface area contributed by atoms with Crippen LogP contribution in [0.4, 0.5) is 0 Å². The van der Waals surface area contributed by atoms with Crippen LogP contribution in [0.2, 0.25) is 0 Å². The first-order valence-corrected chi connectivity index (χ1v) is 6.99. The molecule has 3 heteroatoms. The molecule has 2 aromatic carbocycles. The molecule has 2 aliphatic rings. The van der Waals surface area contributed by atoms with Gasteiger partial charge in [0.05, 0.1) is 22.8 Å². The highest BCUT2D eigenvalue weighted by molar-refractivity contribution is 5.87. The first kappa shape index (κ1) is 11.0. The largest absolute Gasteiger partial charge is 0.507 e. The molecule has 3 nitrogen and oxygen atoms in total. The molecular formula is C16H16N2O. The Bertz CT molecular complexity index is 766. The molecule has 0 bridgehead atoms. The van der Waals surface area contributed by atoms with Crippen LogP contribution in [-0.2, 0) is 0 Å². The third kappa shape index (κ3) is 1.65. The van der Waals surface area contributed by atoms with Gasteiger partial charge in [0.1, 0.15) is 5.75 Å². The first-order chi connectivity index (χ1) is 9.33. The van der Waals surface area contributed by atoms with E-state index in [4.69, 9.17) is 9.98 Å². The van der Waals surface area contributed by atoms with Crippen LogP contribution < -0.4 is 10.7 Å². The fraction of sp³-hybridized carbons (Fsp3) is 0.375. The number of nitrogens with zero attached hydrogens (tertiary/aromatic N) is 2. The van der Waals surface area contributed by atoms with Gasteiger partial charge in [-0.1, -0.05) is 37.1 Å². The van der Waals surface area contributed by atoms with Crippen molar-refractivity contribution in [2.75, 3.05) is 0 Å². The molecule has 0 radical (unpaired) electrons. The van der Waals surface area contributed by atoms with Gasteiger partial charge in [-0.05, 0) is 12.8 Å². The number of benzene rings is 2. The van der Waals surface area contributed by atoms with Crippen LogP contribution in [-0.4, -0.2) is 17.2 Å². The number of rotatable bonds is 0. The molecule has 0 amide bonds. The van der Waals surface area contributed by atoms with Crippen LogP contribution in [0.5, 0.6) is 5.75 Å². The second-order valence-electron chi connectivity index (χ2n) is 5.49. The molecule has 0 spiro atoms. The Morgan fingerprint density at radius 1 is 0.947 bits per heavy atom. The van der Waals surface area contributed by atoms with Gasteiger partial charge in [0, 0.05) is 16.8 Å². The molecule has 2 aromatic rings. The zero-order valence-electron chi connectivity index (χ0n) is 10.7. The average molecular weight is 252 g/mol. The van der Waals surface area contributed by atoms with Crippen molar-refractivity contribution in [1.29, 1.82) is 0 Å². The van der Waals surface area contributed by atoms with Gasteiger partial charge >= 0.3 is 0 Å². The predicted octanol–water partition coefficient (Wildman–Crippen LogP) is 2.11. The predicted molar refractivity (Wildman–Crippen MR) is 74.0 cm³/mol. The van der Waals surface area contributed by atoms with Gasteiger partial charge < -0.3 is 5.11 Å². The third-order valence-corrected chi connectivity index (χ3v) is 4.27. The van der Waals surface area contributed by atoms with Crippen LogP contribution in [0.1, 0.15) is 25.7 Å². The summed E-state index contributed by atoms with van der Waals surface area (Å²) in [4.78, 5) is 9.76. The summed E-state index contributed by atoms with van der Waals surface area (Å²) in [6, 6.07) is 10.3. The lowest BCUT2D eigenvalue weighted by Gasteiger charge is -2.27. The molecule has 0 unspecified atom stereocenters. The Morgan fingerprint density at radius 2 is 1.63 bits per heavy atom. The zero-order chi connectivity index (χ0) is 12.8. The summed E-state index contributed by atoms with van der Waals surface area (Å²) >= 11 is 0. The molecule has 1 fully saturated rings. The van der Waals surface area contributed by atoms with Gasteiger partial charge in [0.2, 0.25) is 0 Å². The minimum atomic E-state index is 0.308. The second-order valence-corrected chi connectivity index (χ2v) is 5.49. The normalized spacial score (nSPS) is 25.1. The topological polar surface area (TPSA) is 45.0 Å². The van der Waals surface area contributed by atoms with Crippen molar-refractivity contribution in [3.8, 4) is 5.75 Å². The highest BCUT2D eigenvalue weighted by Gasteiger charge is 2.26. The number of hydrogen-bond donors (Lipinski definition) is 1. The Hall–Kier alpha value is -1.90. The van der Waals surface area contributed by atoms with E-state index in [2.05, 4.69) is 0 Å². The molecule has 19 heavy (non-hydrogen) atoms. The van der Waals surface area contributed by atoms with E-state index >= 15 is 0 Å². The number of phenols is 1. The highest BCUT2D eigenvalue weighted by atomic mass is 16.3. The molecule has 96 valence electrons. The van der Waals surface area contributed by atoms with Gasteiger partial charge in [-0.15, -0.1) is 0 Å². The fourth-order valence-electron chi connectivity index (χ4n) is 3.30. The van der Waals surface area contributed by atoms with Gasteiger partial charge in [-0.2, -0.15) is 0 Å². The van der Waals surface area contributed by atoms with Crippen molar-refractivity contribution < 1.29 is 5.11 Å². The molecule has 4 rings (SSSR count). The van der Waals surface area contributed by atoms with Crippen molar-refractivity contribution >= 4 is 10.8 Å². The molecule has 1 N–H and O–H groups in total. The summed E-state index contributed by atoms with van der Waals surface area (Å²) in [5.41, 5.74) is 0. The van der Waals surface area contributed by atoms with Crippen molar-refractivity contribution in [1.82, 2.24) is 0 Å². The molecule has 1 aliphatic heterocycles. The lowest BCUT2D eigenvalue weighted by Crippen LogP contribution is -2.41. The molecule has 1 saturated carbocycles. The van der Waals surface area contributed by atoms with E-state index in [9.17, 15) is 5.11 Å². The van der Waals surface area contributed by atoms with E-state index in [0.29, 0.717) is 17.8 Å². The minimum Gasteiger partial charge on any atom is -0.507 e. The van der Waals surface area contributed by atoms with Crippen molar-refractivity contribution in [3.63, 3.8) is 0 Å². The van der Waals surface area contributed by atoms with Crippen LogP contribution in [0.3, 0.4) is 0 Å². The smallest absolute Gasteiger partial charge is 0.125 e. The molecule has 2 atom stereocenters. The molecule has 1 aliphatic carbocycles. The van der Waals surface area contributed by atoms with Gasteiger partial charge in [-0.25, -0.2) is 0 Å². The Kier molecular flexibility index (Phi) is 2.34. The second kappa shape index (κ2) is 4.05. The summed E-state index contributed by atoms with van der Waals surface area (Å²) in [6.45, 7) is 0. The Morgan fingerprint density at radius 3 is 2.42 bits per heavy atom. The summed E-state index contributed by atoms with van der Waals surface area (Å²) < 4.78 is 0. The Balaban J connectivity index is 2.08. The monoisotopic (exact) mass is 252 g/mol. The van der Waals surface area contributed by atoms with Crippen molar-refractivity contribution in [2.24, 2.45) is 9.98 Å². The maximum atomic E-state index is 10.1. The summed E-state index contributed by atoms with van der Waals surface area (Å²) in [7, 11) is 0. The van der Waals surface area contributed by atoms with Gasteiger partial charge in [0.25, 0.3) is 0 Å². The first-order valence-electron chi connectivity index (χ1n) is 6.99. The van der Waals surface area contributed by atoms with E-state index in [-0.39, 0.29) is 0 Å². The van der Waals surface area contributed by atoms with Crippen LogP contribution >= 0.6 is 0 Å². The van der Waals surface area contributed by atoms with Gasteiger partial charge in [-0.3, -0.25) is 9.98 Å².